The van der Waals surface area contributed by atoms with Crippen molar-refractivity contribution in [2.24, 2.45) is 28.6 Å². The largest absolute Gasteiger partial charge is 0.458 e. The van der Waals surface area contributed by atoms with Gasteiger partial charge in [0, 0.05) is 30.9 Å². The third kappa shape index (κ3) is 3.99. The van der Waals surface area contributed by atoms with Crippen molar-refractivity contribution in [1.29, 1.82) is 0 Å². The Morgan fingerprint density at radius 3 is 2.43 bits per heavy atom. The van der Waals surface area contributed by atoms with E-state index in [0.717, 1.165) is 5.57 Å². The second kappa shape index (κ2) is 10.3. The molecular formula is C30H44O12. The van der Waals surface area contributed by atoms with Crippen LogP contribution >= 0.6 is 0 Å². The monoisotopic (exact) mass is 596 g/mol. The smallest absolute Gasteiger partial charge is 0.331 e. The highest BCUT2D eigenvalue weighted by molar-refractivity contribution is 5.85. The average Bonchev–Trinajstić information content (AvgIpc) is 3.48. The number of hydrogen-bond donors (Lipinski definition) is 6. The van der Waals surface area contributed by atoms with Crippen LogP contribution in [0.15, 0.2) is 11.6 Å². The molecule has 15 atom stereocenters. The molecule has 0 aromatic carbocycles. The standard InChI is InChI=1S/C30H44O12/c1-14-23(35)25(39-3)24(36)26(41-14)42-16-4-6-28(13-31)22-18(9-20(33)30(28,38)10-16)29(37)7-5-17(15-8-21(34)40-12-15)27(29,2)11-19(22)32/h8,13-14,16-20,22-26,32-33,35-38H,4-7,9-12H2,1-3H3/t14?,16-,17?,18?,19?,20+,22?,23?,24?,25?,26?,27+,28?,29-,30+/m0/s1. The summed E-state index contributed by atoms with van der Waals surface area (Å²) in [7, 11) is 1.36. The molecule has 12 nitrogen and oxygen atoms in total. The number of aliphatic hydroxyl groups excluding tert-OH is 4. The van der Waals surface area contributed by atoms with Gasteiger partial charge in [-0.2, -0.15) is 0 Å². The summed E-state index contributed by atoms with van der Waals surface area (Å²) in [5.41, 5.74) is -4.93. The van der Waals surface area contributed by atoms with Crippen LogP contribution in [0.2, 0.25) is 0 Å². The fourth-order valence-electron chi connectivity index (χ4n) is 10.1. The summed E-state index contributed by atoms with van der Waals surface area (Å²) in [6, 6.07) is 0. The minimum Gasteiger partial charge on any atom is -0.458 e. The van der Waals surface area contributed by atoms with Crippen LogP contribution in [0.1, 0.15) is 58.8 Å². The predicted octanol–water partition coefficient (Wildman–Crippen LogP) is -0.654. The molecule has 4 saturated carbocycles. The van der Waals surface area contributed by atoms with Crippen molar-refractivity contribution in [3.8, 4) is 0 Å². The van der Waals surface area contributed by atoms with Gasteiger partial charge >= 0.3 is 5.97 Å². The third-order valence-corrected chi connectivity index (χ3v) is 12.2. The maximum absolute atomic E-state index is 13.1. The van der Waals surface area contributed by atoms with Crippen LogP contribution in [0.3, 0.4) is 0 Å². The lowest BCUT2D eigenvalue weighted by Crippen LogP contribution is -2.75. The first-order valence-corrected chi connectivity index (χ1v) is 15.1. The summed E-state index contributed by atoms with van der Waals surface area (Å²) in [5, 5.41) is 69.0. The van der Waals surface area contributed by atoms with Gasteiger partial charge in [0.1, 0.15) is 36.8 Å². The third-order valence-electron chi connectivity index (χ3n) is 12.2. The van der Waals surface area contributed by atoms with Crippen molar-refractivity contribution >= 4 is 12.3 Å². The van der Waals surface area contributed by atoms with E-state index in [0.29, 0.717) is 19.1 Å². The minimum atomic E-state index is -1.97. The molecule has 0 amide bonds. The summed E-state index contributed by atoms with van der Waals surface area (Å²) < 4.78 is 22.2. The fourth-order valence-corrected chi connectivity index (χ4v) is 10.1. The van der Waals surface area contributed by atoms with Crippen LogP contribution < -0.4 is 0 Å². The molecule has 0 aromatic rings. The van der Waals surface area contributed by atoms with Gasteiger partial charge in [-0.3, -0.25) is 0 Å². The Labute approximate surface area is 244 Å². The number of carbonyl (C=O) groups is 2. The minimum absolute atomic E-state index is 0.0364. The Hall–Kier alpha value is -1.48. The molecule has 1 saturated heterocycles. The highest BCUT2D eigenvalue weighted by Crippen LogP contribution is 2.70. The Morgan fingerprint density at radius 2 is 1.79 bits per heavy atom. The van der Waals surface area contributed by atoms with Crippen LogP contribution in [0.25, 0.3) is 0 Å². The molecule has 42 heavy (non-hydrogen) atoms. The molecule has 0 aromatic heterocycles. The van der Waals surface area contributed by atoms with Gasteiger partial charge in [-0.05, 0) is 62.9 Å². The number of cyclic esters (lactones) is 1. The number of aliphatic hydroxyl groups is 6. The molecule has 2 heterocycles. The van der Waals surface area contributed by atoms with Crippen molar-refractivity contribution in [3.63, 3.8) is 0 Å². The number of ether oxygens (including phenoxy) is 4. The number of fused-ring (bicyclic) bond motifs is 5. The molecule has 0 bridgehead atoms. The zero-order chi connectivity index (χ0) is 30.4. The maximum atomic E-state index is 13.1. The van der Waals surface area contributed by atoms with Crippen LogP contribution in [-0.2, 0) is 28.5 Å². The van der Waals surface area contributed by atoms with E-state index >= 15 is 0 Å². The highest BCUT2D eigenvalue weighted by Gasteiger charge is 2.75. The van der Waals surface area contributed by atoms with E-state index < -0.39 is 88.9 Å². The molecule has 5 fully saturated rings. The molecule has 0 radical (unpaired) electrons. The van der Waals surface area contributed by atoms with Gasteiger partial charge in [-0.15, -0.1) is 0 Å². The highest BCUT2D eigenvalue weighted by atomic mass is 16.7. The lowest BCUT2D eigenvalue weighted by Gasteiger charge is -2.67. The average molecular weight is 597 g/mol. The van der Waals surface area contributed by atoms with Gasteiger partial charge in [-0.25, -0.2) is 4.79 Å². The topological polar surface area (TPSA) is 192 Å². The Morgan fingerprint density at radius 1 is 1.05 bits per heavy atom. The van der Waals surface area contributed by atoms with Crippen LogP contribution in [0.4, 0.5) is 0 Å². The van der Waals surface area contributed by atoms with E-state index in [1.807, 2.05) is 6.92 Å². The molecular weight excluding hydrogens is 552 g/mol. The zero-order valence-electron chi connectivity index (χ0n) is 24.3. The molecule has 4 aliphatic carbocycles. The molecule has 10 unspecified atom stereocenters. The summed E-state index contributed by atoms with van der Waals surface area (Å²) in [5.74, 6) is -2.13. The molecule has 6 aliphatic rings. The van der Waals surface area contributed by atoms with E-state index in [1.165, 1.54) is 13.2 Å². The molecule has 2 aliphatic heterocycles. The number of carbonyl (C=O) groups excluding carboxylic acids is 2. The molecule has 0 spiro atoms. The van der Waals surface area contributed by atoms with E-state index in [1.54, 1.807) is 6.92 Å². The predicted molar refractivity (Wildman–Crippen MR) is 142 cm³/mol. The summed E-state index contributed by atoms with van der Waals surface area (Å²) >= 11 is 0. The first kappa shape index (κ1) is 30.5. The summed E-state index contributed by atoms with van der Waals surface area (Å²) in [6.07, 6.45) is -5.05. The number of methoxy groups -OCH3 is 1. The number of rotatable bonds is 5. The van der Waals surface area contributed by atoms with Gasteiger partial charge in [0.05, 0.1) is 35.4 Å². The first-order valence-electron chi connectivity index (χ1n) is 15.1. The molecule has 6 N–H and O–H groups in total. The van der Waals surface area contributed by atoms with Crippen molar-refractivity contribution in [1.82, 2.24) is 0 Å². The van der Waals surface area contributed by atoms with Crippen LogP contribution in [0, 0.1) is 28.6 Å². The quantitative estimate of drug-likeness (QED) is 0.134. The lowest BCUT2D eigenvalue weighted by molar-refractivity contribution is -0.331. The van der Waals surface area contributed by atoms with Gasteiger partial charge in [0.15, 0.2) is 6.29 Å². The van der Waals surface area contributed by atoms with E-state index in [9.17, 15) is 40.2 Å². The first-order chi connectivity index (χ1) is 19.8. The Kier molecular flexibility index (Phi) is 7.48. The second-order valence-corrected chi connectivity index (χ2v) is 13.9. The van der Waals surface area contributed by atoms with Crippen LogP contribution in [0.5, 0.6) is 0 Å². The molecule has 236 valence electrons. The van der Waals surface area contributed by atoms with Crippen molar-refractivity contribution in [3.05, 3.63) is 11.6 Å². The van der Waals surface area contributed by atoms with Gasteiger partial charge in [-0.1, -0.05) is 6.92 Å². The molecule has 6 rings (SSSR count). The summed E-state index contributed by atoms with van der Waals surface area (Å²) in [6.45, 7) is 3.67. The van der Waals surface area contributed by atoms with Gasteiger partial charge in [0.25, 0.3) is 0 Å². The SMILES string of the molecule is COC1C(O)C(C)OC(O[C@H]2CCC3(C=O)C4C(O)C[C@]5(C)C(C6=CC(=O)OC6)CC[C@]5(O)C4C[C@@H](O)[C@]3(O)C2)C1O. The van der Waals surface area contributed by atoms with E-state index in [2.05, 4.69) is 0 Å². The number of esters is 1. The van der Waals surface area contributed by atoms with Gasteiger partial charge in [0.2, 0.25) is 0 Å². The number of aldehydes is 1. The van der Waals surface area contributed by atoms with Crippen LogP contribution in [-0.4, -0.2) is 117 Å². The Bertz CT molecular complexity index is 1130. The van der Waals surface area contributed by atoms with Gasteiger partial charge < -0.3 is 54.4 Å². The second-order valence-electron chi connectivity index (χ2n) is 13.9. The van der Waals surface area contributed by atoms with Crippen molar-refractivity contribution in [2.75, 3.05) is 13.7 Å². The lowest BCUT2D eigenvalue weighted by atomic mass is 9.40. The number of hydrogen-bond acceptors (Lipinski definition) is 12. The van der Waals surface area contributed by atoms with Crippen molar-refractivity contribution < 1.29 is 59.2 Å². The zero-order valence-corrected chi connectivity index (χ0v) is 24.3. The summed E-state index contributed by atoms with van der Waals surface area (Å²) in [4.78, 5) is 24.9. The normalized spacial score (nSPS) is 55.7. The maximum Gasteiger partial charge on any atom is 0.331 e. The molecule has 12 heteroatoms. The fraction of sp³-hybridized carbons (Fsp3) is 0.867. The Balaban J connectivity index is 1.28. The van der Waals surface area contributed by atoms with Crippen molar-refractivity contribution in [2.45, 2.75) is 119 Å². The van der Waals surface area contributed by atoms with E-state index in [-0.39, 0.29) is 44.6 Å². The van der Waals surface area contributed by atoms with E-state index in [4.69, 9.17) is 18.9 Å².